The highest BCUT2D eigenvalue weighted by Crippen LogP contribution is 2.12. The molecule has 4 rings (SSSR count). The third kappa shape index (κ3) is 4.02. The highest BCUT2D eigenvalue weighted by Gasteiger charge is 2.20. The minimum absolute atomic E-state index is 0.816. The Balaban J connectivity index is 1.28. The van der Waals surface area contributed by atoms with Gasteiger partial charge in [-0.3, -0.25) is 4.99 Å². The van der Waals surface area contributed by atoms with Crippen molar-refractivity contribution in [2.24, 2.45) is 4.99 Å². The van der Waals surface area contributed by atoms with Crippen LogP contribution >= 0.6 is 0 Å². The lowest BCUT2D eigenvalue weighted by molar-refractivity contribution is 0.372. The summed E-state index contributed by atoms with van der Waals surface area (Å²) in [6.45, 7) is 4.58. The van der Waals surface area contributed by atoms with E-state index in [2.05, 4.69) is 46.7 Å². The minimum Gasteiger partial charge on any atom is -0.356 e. The van der Waals surface area contributed by atoms with Crippen molar-refractivity contribution in [1.82, 2.24) is 24.6 Å². The highest BCUT2D eigenvalue weighted by atomic mass is 15.4. The van der Waals surface area contributed by atoms with Crippen molar-refractivity contribution >= 4 is 17.4 Å². The number of aliphatic imine (C=N–C) groups is 1. The molecule has 7 nitrogen and oxygen atoms in total. The Kier molecular flexibility index (Phi) is 5.18. The average Bonchev–Trinajstić information content (AvgIpc) is 3.15. The van der Waals surface area contributed by atoms with E-state index in [0.717, 1.165) is 62.3 Å². The van der Waals surface area contributed by atoms with Gasteiger partial charge >= 0.3 is 0 Å². The van der Waals surface area contributed by atoms with Crippen LogP contribution in [0.25, 0.3) is 5.65 Å². The number of fused-ring (bicyclic) bond motifs is 1. The first kappa shape index (κ1) is 17.3. The second-order valence-electron chi connectivity index (χ2n) is 6.58. The molecule has 0 aromatic carbocycles. The van der Waals surface area contributed by atoms with Crippen LogP contribution in [0.1, 0.15) is 5.69 Å². The summed E-state index contributed by atoms with van der Waals surface area (Å²) < 4.78 is 2.06. The molecule has 7 heteroatoms. The number of imidazole rings is 1. The van der Waals surface area contributed by atoms with E-state index in [1.165, 1.54) is 0 Å². The number of rotatable bonds is 4. The molecule has 140 valence electrons. The molecule has 0 radical (unpaired) electrons. The van der Waals surface area contributed by atoms with Crippen LogP contribution in [0.4, 0.5) is 5.82 Å². The number of guanidine groups is 1. The highest BCUT2D eigenvalue weighted by molar-refractivity contribution is 5.80. The van der Waals surface area contributed by atoms with Crippen LogP contribution in [-0.4, -0.2) is 65.0 Å². The third-order valence-electron chi connectivity index (χ3n) is 4.84. The number of anilines is 1. The maximum absolute atomic E-state index is 4.65. The van der Waals surface area contributed by atoms with Crippen LogP contribution in [0.15, 0.2) is 60.0 Å². The average molecular weight is 363 g/mol. The van der Waals surface area contributed by atoms with Crippen molar-refractivity contribution < 1.29 is 0 Å². The molecule has 0 aliphatic carbocycles. The summed E-state index contributed by atoms with van der Waals surface area (Å²) >= 11 is 0. The zero-order valence-corrected chi connectivity index (χ0v) is 15.6. The quantitative estimate of drug-likeness (QED) is 0.564. The molecule has 3 aromatic rings. The Morgan fingerprint density at radius 1 is 1.11 bits per heavy atom. The largest absolute Gasteiger partial charge is 0.356 e. The van der Waals surface area contributed by atoms with Gasteiger partial charge in [0.2, 0.25) is 0 Å². The molecule has 0 unspecified atom stereocenters. The Morgan fingerprint density at radius 3 is 2.70 bits per heavy atom. The van der Waals surface area contributed by atoms with Crippen molar-refractivity contribution in [3.05, 3.63) is 60.7 Å². The fraction of sp³-hybridized carbons (Fsp3) is 0.350. The number of nitrogens with zero attached hydrogens (tertiary/aromatic N) is 6. The van der Waals surface area contributed by atoms with E-state index in [0.29, 0.717) is 0 Å². The second-order valence-corrected chi connectivity index (χ2v) is 6.58. The standard InChI is InChI=1S/C20H25N7/c1-21-20(23-10-8-17-16-27-11-5-3-7-19(27)24-17)26-14-12-25(13-15-26)18-6-2-4-9-22-18/h2-7,9,11,16H,8,10,12-15H2,1H3,(H,21,23). The summed E-state index contributed by atoms with van der Waals surface area (Å²) in [5.41, 5.74) is 2.08. The lowest BCUT2D eigenvalue weighted by atomic mass is 10.3. The molecular formula is C20H25N7. The van der Waals surface area contributed by atoms with Crippen LogP contribution < -0.4 is 10.2 Å². The van der Waals surface area contributed by atoms with E-state index in [4.69, 9.17) is 0 Å². The molecule has 1 aliphatic heterocycles. The van der Waals surface area contributed by atoms with Gasteiger partial charge in [-0.2, -0.15) is 0 Å². The van der Waals surface area contributed by atoms with Crippen molar-refractivity contribution in [1.29, 1.82) is 0 Å². The van der Waals surface area contributed by atoms with Crippen LogP contribution in [0.2, 0.25) is 0 Å². The molecule has 3 aromatic heterocycles. The van der Waals surface area contributed by atoms with Gasteiger partial charge < -0.3 is 19.5 Å². The zero-order chi connectivity index (χ0) is 18.5. The van der Waals surface area contributed by atoms with Gasteiger partial charge in [0, 0.05) is 64.8 Å². The third-order valence-corrected chi connectivity index (χ3v) is 4.84. The molecule has 0 saturated carbocycles. The Labute approximate surface area is 159 Å². The number of hydrogen-bond donors (Lipinski definition) is 1. The molecule has 1 saturated heterocycles. The minimum atomic E-state index is 0.816. The molecule has 27 heavy (non-hydrogen) atoms. The predicted molar refractivity (Wildman–Crippen MR) is 108 cm³/mol. The monoisotopic (exact) mass is 363 g/mol. The number of nitrogens with one attached hydrogen (secondary N) is 1. The van der Waals surface area contributed by atoms with Gasteiger partial charge in [-0.15, -0.1) is 0 Å². The van der Waals surface area contributed by atoms with Crippen molar-refractivity contribution in [2.45, 2.75) is 6.42 Å². The van der Waals surface area contributed by atoms with Crippen LogP contribution in [-0.2, 0) is 6.42 Å². The molecule has 4 heterocycles. The van der Waals surface area contributed by atoms with Gasteiger partial charge in [0.25, 0.3) is 0 Å². The van der Waals surface area contributed by atoms with Gasteiger partial charge in [-0.05, 0) is 24.3 Å². The first-order valence-corrected chi connectivity index (χ1v) is 9.38. The summed E-state index contributed by atoms with van der Waals surface area (Å²) in [4.78, 5) is 18.2. The maximum Gasteiger partial charge on any atom is 0.193 e. The molecule has 1 N–H and O–H groups in total. The molecule has 1 aliphatic rings. The van der Waals surface area contributed by atoms with Crippen LogP contribution in [0, 0.1) is 0 Å². The Morgan fingerprint density at radius 2 is 1.96 bits per heavy atom. The van der Waals surface area contributed by atoms with E-state index in [9.17, 15) is 0 Å². The summed E-state index contributed by atoms with van der Waals surface area (Å²) in [5, 5.41) is 3.48. The predicted octanol–water partition coefficient (Wildman–Crippen LogP) is 1.67. The van der Waals surface area contributed by atoms with E-state index in [1.54, 1.807) is 0 Å². The van der Waals surface area contributed by atoms with Crippen molar-refractivity contribution in [2.75, 3.05) is 44.7 Å². The van der Waals surface area contributed by atoms with Crippen LogP contribution in [0.3, 0.4) is 0 Å². The van der Waals surface area contributed by atoms with Gasteiger partial charge in [-0.25, -0.2) is 9.97 Å². The van der Waals surface area contributed by atoms with Crippen molar-refractivity contribution in [3.63, 3.8) is 0 Å². The van der Waals surface area contributed by atoms with E-state index in [-0.39, 0.29) is 0 Å². The molecule has 0 amide bonds. The summed E-state index contributed by atoms with van der Waals surface area (Å²) in [6.07, 6.45) is 6.83. The smallest absolute Gasteiger partial charge is 0.193 e. The number of pyridine rings is 2. The number of hydrogen-bond acceptors (Lipinski definition) is 4. The molecule has 0 bridgehead atoms. The number of aromatic nitrogens is 3. The first-order chi connectivity index (χ1) is 13.3. The van der Waals surface area contributed by atoms with Crippen LogP contribution in [0.5, 0.6) is 0 Å². The lowest BCUT2D eigenvalue weighted by Crippen LogP contribution is -2.53. The second kappa shape index (κ2) is 8.07. The molecular weight excluding hydrogens is 338 g/mol. The fourth-order valence-electron chi connectivity index (χ4n) is 3.43. The molecule has 1 fully saturated rings. The normalized spacial score (nSPS) is 15.4. The maximum atomic E-state index is 4.65. The lowest BCUT2D eigenvalue weighted by Gasteiger charge is -2.37. The Hall–Kier alpha value is -3.09. The molecule has 0 atom stereocenters. The molecule has 0 spiro atoms. The van der Waals surface area contributed by atoms with Gasteiger partial charge in [0.15, 0.2) is 5.96 Å². The number of piperazine rings is 1. The van der Waals surface area contributed by atoms with Gasteiger partial charge in [0.05, 0.1) is 5.69 Å². The zero-order valence-electron chi connectivity index (χ0n) is 15.6. The van der Waals surface area contributed by atoms with Gasteiger partial charge in [0.1, 0.15) is 11.5 Å². The van der Waals surface area contributed by atoms with Crippen molar-refractivity contribution in [3.8, 4) is 0 Å². The van der Waals surface area contributed by atoms with E-state index in [1.807, 2.05) is 49.8 Å². The van der Waals surface area contributed by atoms with E-state index < -0.39 is 0 Å². The summed E-state index contributed by atoms with van der Waals surface area (Å²) in [7, 11) is 1.85. The van der Waals surface area contributed by atoms with Gasteiger partial charge in [-0.1, -0.05) is 12.1 Å². The van der Waals surface area contributed by atoms with E-state index >= 15 is 0 Å². The summed E-state index contributed by atoms with van der Waals surface area (Å²) in [6, 6.07) is 12.1. The fourth-order valence-corrected chi connectivity index (χ4v) is 3.43. The first-order valence-electron chi connectivity index (χ1n) is 9.38. The summed E-state index contributed by atoms with van der Waals surface area (Å²) in [5.74, 6) is 2.01. The topological polar surface area (TPSA) is 61.1 Å². The SMILES string of the molecule is CN=C(NCCc1cn2ccccc2n1)N1CCN(c2ccccn2)CC1. The Bertz CT molecular complexity index is 862.